The van der Waals surface area contributed by atoms with Crippen LogP contribution >= 0.6 is 23.8 Å². The Hall–Kier alpha value is -2.37. The van der Waals surface area contributed by atoms with Gasteiger partial charge in [0, 0.05) is 10.6 Å². The van der Waals surface area contributed by atoms with Gasteiger partial charge in [0.05, 0.1) is 5.69 Å². The van der Waals surface area contributed by atoms with Crippen LogP contribution < -0.4 is 15.4 Å². The number of thiocarbonyl (C=S) groups is 1. The number of carbonyl (C=O) groups excluding carboxylic acids is 1. The summed E-state index contributed by atoms with van der Waals surface area (Å²) in [6, 6.07) is 14.0. The number of anilines is 1. The minimum atomic E-state index is -0.338. The van der Waals surface area contributed by atoms with Crippen LogP contribution in [0.2, 0.25) is 5.02 Å². The van der Waals surface area contributed by atoms with E-state index in [2.05, 4.69) is 17.2 Å². The fourth-order valence-corrected chi connectivity index (χ4v) is 2.25. The van der Waals surface area contributed by atoms with E-state index in [1.165, 1.54) is 0 Å². The molecular formula is C18H17ClN2O2S. The number of benzene rings is 2. The van der Waals surface area contributed by atoms with Crippen molar-refractivity contribution in [1.82, 2.24) is 5.32 Å². The predicted octanol–water partition coefficient (Wildman–Crippen LogP) is 4.42. The largest absolute Gasteiger partial charge is 0.487 e. The van der Waals surface area contributed by atoms with Gasteiger partial charge in [0.2, 0.25) is 0 Å². The number of halogens is 1. The molecule has 24 heavy (non-hydrogen) atoms. The van der Waals surface area contributed by atoms with Gasteiger partial charge in [-0.1, -0.05) is 36.4 Å². The van der Waals surface area contributed by atoms with Crippen molar-refractivity contribution in [2.24, 2.45) is 0 Å². The van der Waals surface area contributed by atoms with E-state index in [1.54, 1.807) is 24.3 Å². The van der Waals surface area contributed by atoms with Crippen molar-refractivity contribution in [2.75, 3.05) is 11.9 Å². The zero-order valence-electron chi connectivity index (χ0n) is 13.1. The molecule has 0 heterocycles. The van der Waals surface area contributed by atoms with Gasteiger partial charge in [0.15, 0.2) is 5.11 Å². The van der Waals surface area contributed by atoms with Gasteiger partial charge >= 0.3 is 0 Å². The van der Waals surface area contributed by atoms with E-state index in [0.717, 1.165) is 5.57 Å². The Kier molecular flexibility index (Phi) is 6.35. The number of hydrogen-bond donors (Lipinski definition) is 2. The predicted molar refractivity (Wildman–Crippen MR) is 102 cm³/mol. The normalized spacial score (nSPS) is 9.92. The summed E-state index contributed by atoms with van der Waals surface area (Å²) >= 11 is 11.1. The molecule has 124 valence electrons. The zero-order chi connectivity index (χ0) is 17.5. The molecule has 0 atom stereocenters. The van der Waals surface area contributed by atoms with E-state index in [0.29, 0.717) is 28.6 Å². The van der Waals surface area contributed by atoms with Crippen molar-refractivity contribution < 1.29 is 9.53 Å². The highest BCUT2D eigenvalue weighted by Gasteiger charge is 2.10. The first-order chi connectivity index (χ1) is 11.5. The molecule has 0 saturated heterocycles. The summed E-state index contributed by atoms with van der Waals surface area (Å²) < 4.78 is 5.65. The molecule has 0 aliphatic heterocycles. The second kappa shape index (κ2) is 8.47. The number of hydrogen-bond acceptors (Lipinski definition) is 3. The minimum absolute atomic E-state index is 0.173. The highest BCUT2D eigenvalue weighted by atomic mass is 35.5. The second-order valence-corrected chi connectivity index (χ2v) is 6.01. The number of nitrogens with one attached hydrogen (secondary N) is 2. The molecule has 0 fully saturated rings. The molecule has 0 aliphatic carbocycles. The molecule has 1 amide bonds. The maximum absolute atomic E-state index is 12.2. The van der Waals surface area contributed by atoms with Crippen molar-refractivity contribution in [3.63, 3.8) is 0 Å². The third-order valence-electron chi connectivity index (χ3n) is 2.92. The van der Waals surface area contributed by atoms with Crippen LogP contribution in [0.3, 0.4) is 0 Å². The summed E-state index contributed by atoms with van der Waals surface area (Å²) in [5, 5.41) is 6.23. The Morgan fingerprint density at radius 3 is 2.71 bits per heavy atom. The average molecular weight is 361 g/mol. The molecule has 0 spiro atoms. The Labute approximate surface area is 151 Å². The monoisotopic (exact) mass is 360 g/mol. The molecule has 4 nitrogen and oxygen atoms in total. The van der Waals surface area contributed by atoms with E-state index < -0.39 is 0 Å². The fraction of sp³-hybridized carbons (Fsp3) is 0.111. The first-order valence-electron chi connectivity index (χ1n) is 7.20. The van der Waals surface area contributed by atoms with E-state index in [1.807, 2.05) is 31.2 Å². The van der Waals surface area contributed by atoms with Crippen LogP contribution in [0.1, 0.15) is 17.3 Å². The van der Waals surface area contributed by atoms with Crippen molar-refractivity contribution in [1.29, 1.82) is 0 Å². The molecule has 2 N–H and O–H groups in total. The first-order valence-corrected chi connectivity index (χ1v) is 7.98. The van der Waals surface area contributed by atoms with E-state index >= 15 is 0 Å². The Balaban J connectivity index is 2.02. The standard InChI is InChI=1S/C18H17ClN2O2S/c1-12(2)11-23-16-9-4-3-8-15(16)20-18(24)21-17(22)13-6-5-7-14(19)10-13/h3-10H,1,11H2,2H3,(H2,20,21,22,24). The summed E-state index contributed by atoms with van der Waals surface area (Å²) in [7, 11) is 0. The Morgan fingerprint density at radius 1 is 1.25 bits per heavy atom. The number of para-hydroxylation sites is 2. The molecule has 2 aromatic rings. The van der Waals surface area contributed by atoms with Gasteiger partial charge in [-0.25, -0.2) is 0 Å². The lowest BCUT2D eigenvalue weighted by Crippen LogP contribution is -2.34. The lowest BCUT2D eigenvalue weighted by Gasteiger charge is -2.14. The van der Waals surface area contributed by atoms with E-state index in [-0.39, 0.29) is 11.0 Å². The van der Waals surface area contributed by atoms with Gasteiger partial charge in [0.25, 0.3) is 5.91 Å². The lowest BCUT2D eigenvalue weighted by molar-refractivity contribution is 0.0977. The van der Waals surface area contributed by atoms with Crippen LogP contribution in [-0.2, 0) is 0 Å². The molecule has 0 unspecified atom stereocenters. The third-order valence-corrected chi connectivity index (χ3v) is 3.36. The van der Waals surface area contributed by atoms with Crippen LogP contribution in [0, 0.1) is 0 Å². The van der Waals surface area contributed by atoms with Gasteiger partial charge in [-0.05, 0) is 55.0 Å². The van der Waals surface area contributed by atoms with Crippen molar-refractivity contribution >= 4 is 40.5 Å². The molecule has 0 saturated carbocycles. The summed E-state index contributed by atoms with van der Waals surface area (Å²) in [6.07, 6.45) is 0. The van der Waals surface area contributed by atoms with E-state index in [9.17, 15) is 4.79 Å². The summed E-state index contributed by atoms with van der Waals surface area (Å²) in [5.41, 5.74) is 2.00. The summed E-state index contributed by atoms with van der Waals surface area (Å²) in [5.74, 6) is 0.287. The van der Waals surface area contributed by atoms with Crippen molar-refractivity contribution in [2.45, 2.75) is 6.92 Å². The second-order valence-electron chi connectivity index (χ2n) is 5.16. The molecular weight excluding hydrogens is 344 g/mol. The smallest absolute Gasteiger partial charge is 0.257 e. The SMILES string of the molecule is C=C(C)COc1ccccc1NC(=S)NC(=O)c1cccc(Cl)c1. The Bertz CT molecular complexity index is 777. The van der Waals surface area contributed by atoms with Crippen LogP contribution in [0.25, 0.3) is 0 Å². The highest BCUT2D eigenvalue weighted by molar-refractivity contribution is 7.80. The average Bonchev–Trinajstić information content (AvgIpc) is 2.53. The first kappa shape index (κ1) is 18.0. The van der Waals surface area contributed by atoms with Crippen LogP contribution in [-0.4, -0.2) is 17.6 Å². The quantitative estimate of drug-likeness (QED) is 0.612. The molecule has 6 heteroatoms. The van der Waals surface area contributed by atoms with Gasteiger partial charge in [-0.15, -0.1) is 0 Å². The fourth-order valence-electron chi connectivity index (χ4n) is 1.86. The zero-order valence-corrected chi connectivity index (χ0v) is 14.7. The van der Waals surface area contributed by atoms with Gasteiger partial charge in [-0.3, -0.25) is 10.1 Å². The van der Waals surface area contributed by atoms with Crippen molar-refractivity contribution in [3.8, 4) is 5.75 Å². The van der Waals surface area contributed by atoms with Crippen molar-refractivity contribution in [3.05, 3.63) is 71.3 Å². The topological polar surface area (TPSA) is 50.4 Å². The molecule has 0 aromatic heterocycles. The van der Waals surface area contributed by atoms with E-state index in [4.69, 9.17) is 28.6 Å². The van der Waals surface area contributed by atoms with Gasteiger partial charge in [-0.2, -0.15) is 0 Å². The highest BCUT2D eigenvalue weighted by Crippen LogP contribution is 2.24. The number of ether oxygens (including phenoxy) is 1. The molecule has 0 bridgehead atoms. The minimum Gasteiger partial charge on any atom is -0.487 e. The number of carbonyl (C=O) groups is 1. The van der Waals surface area contributed by atoms with Crippen LogP contribution in [0.5, 0.6) is 5.75 Å². The van der Waals surface area contributed by atoms with Gasteiger partial charge in [0.1, 0.15) is 12.4 Å². The number of rotatable bonds is 5. The Morgan fingerprint density at radius 2 is 2.00 bits per heavy atom. The maximum atomic E-state index is 12.2. The summed E-state index contributed by atoms with van der Waals surface area (Å²) in [6.45, 7) is 6.09. The van der Waals surface area contributed by atoms with Crippen LogP contribution in [0.15, 0.2) is 60.7 Å². The van der Waals surface area contributed by atoms with Gasteiger partial charge < -0.3 is 10.1 Å². The third kappa shape index (κ3) is 5.37. The maximum Gasteiger partial charge on any atom is 0.257 e. The molecule has 0 aliphatic rings. The summed E-state index contributed by atoms with van der Waals surface area (Å²) in [4.78, 5) is 12.2. The molecule has 0 radical (unpaired) electrons. The number of amides is 1. The molecule has 2 rings (SSSR count). The molecule has 2 aromatic carbocycles. The lowest BCUT2D eigenvalue weighted by atomic mass is 10.2. The van der Waals surface area contributed by atoms with Crippen LogP contribution in [0.4, 0.5) is 5.69 Å².